The highest BCUT2D eigenvalue weighted by atomic mass is 35.5. The van der Waals surface area contributed by atoms with Gasteiger partial charge in [0.2, 0.25) is 11.8 Å². The van der Waals surface area contributed by atoms with Crippen molar-refractivity contribution in [3.8, 4) is 0 Å². The van der Waals surface area contributed by atoms with Crippen molar-refractivity contribution in [3.05, 3.63) is 58.1 Å². The minimum atomic E-state index is -0.271. The van der Waals surface area contributed by atoms with Gasteiger partial charge in [0, 0.05) is 12.6 Å². The molecule has 24 heavy (non-hydrogen) atoms. The summed E-state index contributed by atoms with van der Waals surface area (Å²) in [5.74, 6) is -0.505. The highest BCUT2D eigenvalue weighted by Gasteiger charge is 2.20. The summed E-state index contributed by atoms with van der Waals surface area (Å²) < 4.78 is 0. The molecule has 0 aliphatic rings. The Balaban J connectivity index is 2.23. The highest BCUT2D eigenvalue weighted by Crippen LogP contribution is 2.31. The third kappa shape index (κ3) is 4.36. The van der Waals surface area contributed by atoms with Crippen molar-refractivity contribution < 1.29 is 9.59 Å². The molecule has 2 rings (SSSR count). The second-order valence-electron chi connectivity index (χ2n) is 5.94. The molecule has 126 valence electrons. The Bertz CT molecular complexity index is 764. The third-order valence-electron chi connectivity index (χ3n) is 3.65. The Labute approximate surface area is 147 Å². The van der Waals surface area contributed by atoms with E-state index in [-0.39, 0.29) is 18.4 Å². The summed E-state index contributed by atoms with van der Waals surface area (Å²) in [5.41, 5.74) is 4.20. The smallest absolute Gasteiger partial charge is 0.244 e. The predicted molar refractivity (Wildman–Crippen MR) is 98.8 cm³/mol. The zero-order valence-corrected chi connectivity index (χ0v) is 15.1. The van der Waals surface area contributed by atoms with Crippen molar-refractivity contribution in [3.63, 3.8) is 0 Å². The van der Waals surface area contributed by atoms with E-state index in [1.165, 1.54) is 11.8 Å². The topological polar surface area (TPSA) is 49.4 Å². The van der Waals surface area contributed by atoms with Crippen LogP contribution in [0.2, 0.25) is 5.02 Å². The molecule has 0 aliphatic heterocycles. The lowest BCUT2D eigenvalue weighted by Crippen LogP contribution is -2.37. The Morgan fingerprint density at radius 3 is 2.38 bits per heavy atom. The van der Waals surface area contributed by atoms with E-state index in [1.54, 1.807) is 6.07 Å². The first kappa shape index (κ1) is 18.0. The molecule has 0 spiro atoms. The molecule has 1 N–H and O–H groups in total. The Morgan fingerprint density at radius 2 is 1.79 bits per heavy atom. The van der Waals surface area contributed by atoms with Gasteiger partial charge in [-0.25, -0.2) is 0 Å². The minimum absolute atomic E-state index is 0.0904. The number of aryl methyl sites for hydroxylation is 3. The molecule has 0 atom stereocenters. The zero-order valence-electron chi connectivity index (χ0n) is 14.3. The van der Waals surface area contributed by atoms with Crippen LogP contribution in [0, 0.1) is 20.8 Å². The minimum Gasteiger partial charge on any atom is -0.325 e. The maximum atomic E-state index is 12.4. The third-order valence-corrected chi connectivity index (χ3v) is 3.94. The van der Waals surface area contributed by atoms with E-state index in [0.29, 0.717) is 16.4 Å². The highest BCUT2D eigenvalue weighted by molar-refractivity contribution is 6.34. The van der Waals surface area contributed by atoms with E-state index < -0.39 is 0 Å². The lowest BCUT2D eigenvalue weighted by Gasteiger charge is -2.24. The number of amides is 2. The van der Waals surface area contributed by atoms with E-state index >= 15 is 0 Å². The van der Waals surface area contributed by atoms with Crippen LogP contribution < -0.4 is 10.2 Å². The van der Waals surface area contributed by atoms with Crippen LogP contribution in [0.5, 0.6) is 0 Å². The first-order chi connectivity index (χ1) is 11.3. The summed E-state index contributed by atoms with van der Waals surface area (Å²) >= 11 is 6.31. The van der Waals surface area contributed by atoms with E-state index in [9.17, 15) is 9.59 Å². The van der Waals surface area contributed by atoms with Gasteiger partial charge in [-0.1, -0.05) is 29.8 Å². The van der Waals surface area contributed by atoms with Crippen molar-refractivity contribution in [1.29, 1.82) is 0 Å². The molecule has 0 radical (unpaired) electrons. The summed E-state index contributed by atoms with van der Waals surface area (Å²) in [6, 6.07) is 11.2. The van der Waals surface area contributed by atoms with Crippen LogP contribution in [-0.2, 0) is 9.59 Å². The van der Waals surface area contributed by atoms with Crippen LogP contribution in [0.4, 0.5) is 11.4 Å². The van der Waals surface area contributed by atoms with E-state index in [1.807, 2.05) is 51.1 Å². The second-order valence-corrected chi connectivity index (χ2v) is 6.34. The number of carbonyl (C=O) groups excluding carboxylic acids is 2. The lowest BCUT2D eigenvalue weighted by molar-refractivity contribution is -0.120. The fraction of sp³-hybridized carbons (Fsp3) is 0.263. The van der Waals surface area contributed by atoms with Crippen LogP contribution in [0.25, 0.3) is 0 Å². The van der Waals surface area contributed by atoms with E-state index in [0.717, 1.165) is 16.7 Å². The van der Waals surface area contributed by atoms with Gasteiger partial charge in [0.1, 0.15) is 6.54 Å². The fourth-order valence-corrected chi connectivity index (χ4v) is 3.09. The van der Waals surface area contributed by atoms with Gasteiger partial charge in [0.05, 0.1) is 10.7 Å². The molecule has 2 amide bonds. The molecular formula is C19H21ClN2O2. The molecular weight excluding hydrogens is 324 g/mol. The van der Waals surface area contributed by atoms with Crippen molar-refractivity contribution in [1.82, 2.24) is 0 Å². The number of nitrogens with one attached hydrogen (secondary N) is 1. The van der Waals surface area contributed by atoms with Crippen LogP contribution in [-0.4, -0.2) is 18.4 Å². The molecule has 0 saturated carbocycles. The predicted octanol–water partition coefficient (Wildman–Crippen LogP) is 4.26. The van der Waals surface area contributed by atoms with Crippen molar-refractivity contribution in [2.75, 3.05) is 16.8 Å². The fourth-order valence-electron chi connectivity index (χ4n) is 2.66. The first-order valence-electron chi connectivity index (χ1n) is 7.69. The van der Waals surface area contributed by atoms with Crippen molar-refractivity contribution >= 4 is 34.8 Å². The summed E-state index contributed by atoms with van der Waals surface area (Å²) in [6.07, 6.45) is 0. The van der Waals surface area contributed by atoms with Gasteiger partial charge in [0.15, 0.2) is 0 Å². The number of rotatable bonds is 4. The number of halogens is 1. The largest absolute Gasteiger partial charge is 0.325 e. The molecule has 2 aromatic carbocycles. The lowest BCUT2D eigenvalue weighted by atomic mass is 10.1. The molecule has 0 fully saturated rings. The van der Waals surface area contributed by atoms with E-state index in [2.05, 4.69) is 5.32 Å². The number of carbonyl (C=O) groups is 2. The molecule has 2 aromatic rings. The van der Waals surface area contributed by atoms with Gasteiger partial charge in [-0.15, -0.1) is 0 Å². The quantitative estimate of drug-likeness (QED) is 0.901. The van der Waals surface area contributed by atoms with Crippen LogP contribution >= 0.6 is 11.6 Å². The van der Waals surface area contributed by atoms with Crippen LogP contribution in [0.3, 0.4) is 0 Å². The number of nitrogens with zero attached hydrogens (tertiary/aromatic N) is 1. The maximum absolute atomic E-state index is 12.4. The molecule has 0 bridgehead atoms. The van der Waals surface area contributed by atoms with Gasteiger partial charge < -0.3 is 10.2 Å². The monoisotopic (exact) mass is 344 g/mol. The normalized spacial score (nSPS) is 10.4. The summed E-state index contributed by atoms with van der Waals surface area (Å²) in [7, 11) is 0. The van der Waals surface area contributed by atoms with Gasteiger partial charge in [-0.2, -0.15) is 0 Å². The summed E-state index contributed by atoms with van der Waals surface area (Å²) in [5, 5.41) is 3.28. The van der Waals surface area contributed by atoms with E-state index in [4.69, 9.17) is 11.6 Å². The second kappa shape index (κ2) is 7.49. The molecule has 5 heteroatoms. The average Bonchev–Trinajstić information content (AvgIpc) is 2.44. The Hall–Kier alpha value is -2.33. The molecule has 0 aliphatic carbocycles. The summed E-state index contributed by atoms with van der Waals surface area (Å²) in [6.45, 7) is 7.10. The number of anilines is 2. The molecule has 4 nitrogen and oxygen atoms in total. The van der Waals surface area contributed by atoms with Gasteiger partial charge in [-0.3, -0.25) is 9.59 Å². The van der Waals surface area contributed by atoms with Gasteiger partial charge >= 0.3 is 0 Å². The average molecular weight is 345 g/mol. The number of hydrogen-bond acceptors (Lipinski definition) is 2. The molecule has 0 unspecified atom stereocenters. The standard InChI is InChI=1S/C19H21ClN2O2/c1-12-6-5-7-16(9-12)21-18(24)11-22(15(4)23)19-14(3)8-13(2)10-17(19)20/h5-10H,11H2,1-4H3,(H,21,24). The Morgan fingerprint density at radius 1 is 1.08 bits per heavy atom. The van der Waals surface area contributed by atoms with Crippen molar-refractivity contribution in [2.45, 2.75) is 27.7 Å². The zero-order chi connectivity index (χ0) is 17.9. The van der Waals surface area contributed by atoms with Gasteiger partial charge in [0.25, 0.3) is 0 Å². The molecule has 0 aromatic heterocycles. The van der Waals surface area contributed by atoms with Crippen molar-refractivity contribution in [2.24, 2.45) is 0 Å². The van der Waals surface area contributed by atoms with Crippen LogP contribution in [0.15, 0.2) is 36.4 Å². The first-order valence-corrected chi connectivity index (χ1v) is 8.07. The number of hydrogen-bond donors (Lipinski definition) is 1. The Kier molecular flexibility index (Phi) is 5.62. The molecule has 0 saturated heterocycles. The number of benzene rings is 2. The maximum Gasteiger partial charge on any atom is 0.244 e. The summed E-state index contributed by atoms with van der Waals surface area (Å²) in [4.78, 5) is 25.8. The van der Waals surface area contributed by atoms with Gasteiger partial charge in [-0.05, 0) is 55.7 Å². The van der Waals surface area contributed by atoms with Crippen LogP contribution in [0.1, 0.15) is 23.6 Å². The SMILES string of the molecule is CC(=O)N(CC(=O)Nc1cccc(C)c1)c1c(C)cc(C)cc1Cl. The molecule has 0 heterocycles.